The highest BCUT2D eigenvalue weighted by Crippen LogP contribution is 2.29. The topological polar surface area (TPSA) is 66.8 Å². The molecule has 1 rings (SSSR count). The van der Waals surface area contributed by atoms with E-state index in [2.05, 4.69) is 6.58 Å². The van der Waals surface area contributed by atoms with Crippen LogP contribution in [0.1, 0.15) is 33.6 Å². The minimum Gasteiger partial charge on any atom is -0.480 e. The van der Waals surface area contributed by atoms with Gasteiger partial charge in [-0.05, 0) is 39.5 Å². The van der Waals surface area contributed by atoms with Gasteiger partial charge in [-0.2, -0.15) is 0 Å². The number of carbonyl (C=O) groups is 2. The Kier molecular flexibility index (Phi) is 4.38. The molecular weight excluding hydrogens is 234 g/mol. The first-order valence-electron chi connectivity index (χ1n) is 6.09. The summed E-state index contributed by atoms with van der Waals surface area (Å²) in [7, 11) is 0. The van der Waals surface area contributed by atoms with Crippen molar-refractivity contribution in [3.8, 4) is 0 Å². The molecule has 0 bridgehead atoms. The van der Waals surface area contributed by atoms with Gasteiger partial charge in [-0.1, -0.05) is 6.08 Å². The zero-order chi connectivity index (χ0) is 13.9. The van der Waals surface area contributed by atoms with Crippen LogP contribution in [0.25, 0.3) is 0 Å². The van der Waals surface area contributed by atoms with Gasteiger partial charge in [0.25, 0.3) is 0 Å². The summed E-state index contributed by atoms with van der Waals surface area (Å²) >= 11 is 0. The van der Waals surface area contributed by atoms with Crippen LogP contribution in [0.3, 0.4) is 0 Å². The van der Waals surface area contributed by atoms with Crippen LogP contribution in [-0.4, -0.2) is 40.3 Å². The Balaban J connectivity index is 2.79. The van der Waals surface area contributed by atoms with Gasteiger partial charge >= 0.3 is 12.1 Å². The van der Waals surface area contributed by atoms with Gasteiger partial charge in [0.2, 0.25) is 0 Å². The first-order valence-corrected chi connectivity index (χ1v) is 6.09. The van der Waals surface area contributed by atoms with E-state index in [1.54, 1.807) is 26.8 Å². The second kappa shape index (κ2) is 5.42. The summed E-state index contributed by atoms with van der Waals surface area (Å²) in [6.45, 7) is 9.33. The maximum absolute atomic E-state index is 11.9. The van der Waals surface area contributed by atoms with Crippen LogP contribution in [0.2, 0.25) is 0 Å². The van der Waals surface area contributed by atoms with E-state index in [1.807, 2.05) is 0 Å². The van der Waals surface area contributed by atoms with Crippen molar-refractivity contribution < 1.29 is 19.4 Å². The number of hydrogen-bond acceptors (Lipinski definition) is 3. The van der Waals surface area contributed by atoms with Gasteiger partial charge in [-0.15, -0.1) is 6.58 Å². The Hall–Kier alpha value is -1.52. The highest BCUT2D eigenvalue weighted by Gasteiger charge is 2.42. The van der Waals surface area contributed by atoms with Crippen LogP contribution in [0.4, 0.5) is 4.79 Å². The lowest BCUT2D eigenvalue weighted by atomic mass is 9.97. The molecule has 5 nitrogen and oxygen atoms in total. The van der Waals surface area contributed by atoms with Gasteiger partial charge in [0.05, 0.1) is 0 Å². The fourth-order valence-corrected chi connectivity index (χ4v) is 2.18. The average molecular weight is 255 g/mol. The molecule has 1 N–H and O–H groups in total. The first-order chi connectivity index (χ1) is 8.26. The van der Waals surface area contributed by atoms with Crippen LogP contribution in [-0.2, 0) is 9.53 Å². The van der Waals surface area contributed by atoms with Crippen molar-refractivity contribution in [3.63, 3.8) is 0 Å². The molecule has 5 heteroatoms. The lowest BCUT2D eigenvalue weighted by Gasteiger charge is -2.28. The molecular formula is C13H21NO4. The van der Waals surface area contributed by atoms with Crippen LogP contribution in [0.5, 0.6) is 0 Å². The summed E-state index contributed by atoms with van der Waals surface area (Å²) in [6.07, 6.45) is 2.40. The molecule has 0 unspecified atom stereocenters. The predicted octanol–water partition coefficient (Wildman–Crippen LogP) is 2.27. The molecule has 1 heterocycles. The molecule has 0 saturated carbocycles. The van der Waals surface area contributed by atoms with E-state index < -0.39 is 23.7 Å². The van der Waals surface area contributed by atoms with Crippen molar-refractivity contribution in [2.45, 2.75) is 45.3 Å². The molecule has 1 fully saturated rings. The fraction of sp³-hybridized carbons (Fsp3) is 0.692. The van der Waals surface area contributed by atoms with E-state index in [1.165, 1.54) is 4.90 Å². The maximum Gasteiger partial charge on any atom is 0.411 e. The summed E-state index contributed by atoms with van der Waals surface area (Å²) < 4.78 is 5.23. The molecule has 102 valence electrons. The molecule has 1 aliphatic heterocycles. The monoisotopic (exact) mass is 255 g/mol. The molecule has 1 amide bonds. The van der Waals surface area contributed by atoms with Crippen molar-refractivity contribution >= 4 is 12.1 Å². The molecule has 1 aliphatic rings. The molecule has 18 heavy (non-hydrogen) atoms. The van der Waals surface area contributed by atoms with Gasteiger partial charge in [0, 0.05) is 6.54 Å². The Morgan fingerprint density at radius 2 is 2.11 bits per heavy atom. The molecule has 1 saturated heterocycles. The van der Waals surface area contributed by atoms with E-state index in [-0.39, 0.29) is 5.92 Å². The smallest absolute Gasteiger partial charge is 0.411 e. The number of amides is 1. The fourth-order valence-electron chi connectivity index (χ4n) is 2.18. The number of rotatable bonds is 3. The van der Waals surface area contributed by atoms with Crippen LogP contribution < -0.4 is 0 Å². The Morgan fingerprint density at radius 1 is 1.50 bits per heavy atom. The number of carboxylic acid groups (broad SMARTS) is 1. The maximum atomic E-state index is 11.9. The highest BCUT2D eigenvalue weighted by atomic mass is 16.6. The number of likely N-dealkylation sites (tertiary alicyclic amines) is 1. The van der Waals surface area contributed by atoms with Gasteiger partial charge in [-0.3, -0.25) is 4.90 Å². The number of carbonyl (C=O) groups excluding carboxylic acids is 1. The molecule has 0 aromatic carbocycles. The minimum atomic E-state index is -0.981. The molecule has 0 aromatic heterocycles. The minimum absolute atomic E-state index is 0.0764. The first kappa shape index (κ1) is 14.5. The van der Waals surface area contributed by atoms with E-state index in [0.717, 1.165) is 0 Å². The average Bonchev–Trinajstić information content (AvgIpc) is 2.59. The van der Waals surface area contributed by atoms with Crippen molar-refractivity contribution in [2.75, 3.05) is 6.54 Å². The van der Waals surface area contributed by atoms with Crippen LogP contribution in [0.15, 0.2) is 12.7 Å². The third-order valence-electron chi connectivity index (χ3n) is 2.87. The van der Waals surface area contributed by atoms with E-state index in [4.69, 9.17) is 4.74 Å². The van der Waals surface area contributed by atoms with E-state index in [0.29, 0.717) is 19.4 Å². The van der Waals surface area contributed by atoms with Crippen LogP contribution in [0, 0.1) is 5.92 Å². The number of carboxylic acids is 1. The van der Waals surface area contributed by atoms with Crippen molar-refractivity contribution in [1.82, 2.24) is 4.90 Å². The van der Waals surface area contributed by atoms with E-state index >= 15 is 0 Å². The molecule has 0 radical (unpaired) electrons. The lowest BCUT2D eigenvalue weighted by Crippen LogP contribution is -2.45. The number of hydrogen-bond donors (Lipinski definition) is 1. The SMILES string of the molecule is C=CC[C@@H]1CCN(C(=O)OC(C)(C)C)[C@H]1C(=O)O. The quantitative estimate of drug-likeness (QED) is 0.786. The van der Waals surface area contributed by atoms with Crippen molar-refractivity contribution in [3.05, 3.63) is 12.7 Å². The molecule has 0 aliphatic carbocycles. The Labute approximate surface area is 107 Å². The van der Waals surface area contributed by atoms with Crippen LogP contribution >= 0.6 is 0 Å². The number of nitrogens with zero attached hydrogens (tertiary/aromatic N) is 1. The van der Waals surface area contributed by atoms with Gasteiger partial charge in [0.1, 0.15) is 11.6 Å². The second-order valence-electron chi connectivity index (χ2n) is 5.53. The largest absolute Gasteiger partial charge is 0.480 e. The molecule has 2 atom stereocenters. The number of aliphatic carboxylic acids is 1. The predicted molar refractivity (Wildman–Crippen MR) is 67.3 cm³/mol. The van der Waals surface area contributed by atoms with Crippen molar-refractivity contribution in [2.24, 2.45) is 5.92 Å². The summed E-state index contributed by atoms with van der Waals surface area (Å²) in [6, 6.07) is -0.808. The number of allylic oxidation sites excluding steroid dienone is 1. The molecule has 0 aromatic rings. The zero-order valence-electron chi connectivity index (χ0n) is 11.2. The van der Waals surface area contributed by atoms with Gasteiger partial charge < -0.3 is 9.84 Å². The van der Waals surface area contributed by atoms with Crippen molar-refractivity contribution in [1.29, 1.82) is 0 Å². The third-order valence-corrected chi connectivity index (χ3v) is 2.87. The summed E-state index contributed by atoms with van der Waals surface area (Å²) in [5, 5.41) is 9.24. The summed E-state index contributed by atoms with van der Waals surface area (Å²) in [4.78, 5) is 24.5. The standard InChI is InChI=1S/C13H21NO4/c1-5-6-9-7-8-14(10(9)11(15)16)12(17)18-13(2,3)4/h5,9-10H,1,6-8H2,2-4H3,(H,15,16)/t9-,10-/m1/s1. The highest BCUT2D eigenvalue weighted by molar-refractivity contribution is 5.81. The zero-order valence-corrected chi connectivity index (χ0v) is 11.2. The summed E-state index contributed by atoms with van der Waals surface area (Å²) in [5.41, 5.74) is -0.614. The van der Waals surface area contributed by atoms with Gasteiger partial charge in [-0.25, -0.2) is 9.59 Å². The Morgan fingerprint density at radius 3 is 2.56 bits per heavy atom. The summed E-state index contributed by atoms with van der Waals surface area (Å²) in [5.74, 6) is -1.06. The van der Waals surface area contributed by atoms with E-state index in [9.17, 15) is 14.7 Å². The number of ether oxygens (including phenoxy) is 1. The molecule has 0 spiro atoms. The van der Waals surface area contributed by atoms with Gasteiger partial charge in [0.15, 0.2) is 0 Å². The third kappa shape index (κ3) is 3.48. The Bertz CT molecular complexity index is 345. The second-order valence-corrected chi connectivity index (χ2v) is 5.53. The lowest BCUT2D eigenvalue weighted by molar-refractivity contribution is -0.143. The normalized spacial score (nSPS) is 23.8.